The molecule has 0 aromatic carbocycles. The number of ether oxygens (including phenoxy) is 1. The van der Waals surface area contributed by atoms with E-state index in [1.54, 1.807) is 0 Å². The zero-order valence-corrected chi connectivity index (χ0v) is 10.3. The second-order valence-electron chi connectivity index (χ2n) is 6.82. The average Bonchev–Trinajstić information content (AvgIpc) is 2.23. The lowest BCUT2D eigenvalue weighted by molar-refractivity contribution is 0.0365. The standard InChI is InChI=1S/C12H22N2O/c1-10(2)5-11(3,4)7-12(6-10)8-15-9(13)14-12/h5-8H2,1-4H3,(H2,13,14). The van der Waals surface area contributed by atoms with Gasteiger partial charge in [0.15, 0.2) is 0 Å². The molecule has 0 radical (unpaired) electrons. The largest absolute Gasteiger partial charge is 0.463 e. The van der Waals surface area contributed by atoms with Gasteiger partial charge in [0.05, 0.1) is 0 Å². The third-order valence-corrected chi connectivity index (χ3v) is 3.41. The minimum atomic E-state index is -0.0463. The van der Waals surface area contributed by atoms with Crippen molar-refractivity contribution in [2.45, 2.75) is 52.5 Å². The van der Waals surface area contributed by atoms with Crippen molar-refractivity contribution in [3.63, 3.8) is 0 Å². The van der Waals surface area contributed by atoms with Crippen LogP contribution in [-0.4, -0.2) is 18.2 Å². The number of hydrogen-bond acceptors (Lipinski definition) is 3. The summed E-state index contributed by atoms with van der Waals surface area (Å²) in [4.78, 5) is 4.54. The van der Waals surface area contributed by atoms with Gasteiger partial charge in [-0.25, -0.2) is 4.99 Å². The van der Waals surface area contributed by atoms with Crippen LogP contribution in [0.3, 0.4) is 0 Å². The van der Waals surface area contributed by atoms with Crippen LogP contribution in [0.5, 0.6) is 0 Å². The van der Waals surface area contributed by atoms with E-state index in [1.807, 2.05) is 0 Å². The highest BCUT2D eigenvalue weighted by molar-refractivity contribution is 5.73. The lowest BCUT2D eigenvalue weighted by Gasteiger charge is -2.48. The summed E-state index contributed by atoms with van der Waals surface area (Å²) in [7, 11) is 0. The first-order chi connectivity index (χ1) is 6.72. The Morgan fingerprint density at radius 2 is 1.60 bits per heavy atom. The number of nitrogens with two attached hydrogens (primary N) is 1. The fourth-order valence-corrected chi connectivity index (χ4v) is 3.95. The molecule has 1 heterocycles. The highest BCUT2D eigenvalue weighted by Gasteiger charge is 2.50. The van der Waals surface area contributed by atoms with E-state index in [2.05, 4.69) is 32.7 Å². The highest BCUT2D eigenvalue weighted by Crippen LogP contribution is 2.52. The first kappa shape index (κ1) is 10.8. The second-order valence-corrected chi connectivity index (χ2v) is 6.82. The molecule has 1 fully saturated rings. The van der Waals surface area contributed by atoms with Gasteiger partial charge in [-0.15, -0.1) is 0 Å². The van der Waals surface area contributed by atoms with Crippen LogP contribution in [0, 0.1) is 10.8 Å². The fourth-order valence-electron chi connectivity index (χ4n) is 3.95. The Balaban J connectivity index is 2.28. The van der Waals surface area contributed by atoms with Crippen molar-refractivity contribution in [3.05, 3.63) is 0 Å². The molecule has 0 atom stereocenters. The third-order valence-electron chi connectivity index (χ3n) is 3.41. The zero-order chi connectivity index (χ0) is 11.3. The van der Waals surface area contributed by atoms with E-state index in [1.165, 1.54) is 6.42 Å². The van der Waals surface area contributed by atoms with Crippen LogP contribution in [0.15, 0.2) is 4.99 Å². The molecular weight excluding hydrogens is 188 g/mol. The number of aliphatic imine (C=N–C) groups is 1. The van der Waals surface area contributed by atoms with Gasteiger partial charge in [-0.3, -0.25) is 0 Å². The van der Waals surface area contributed by atoms with Gasteiger partial charge >= 0.3 is 0 Å². The minimum Gasteiger partial charge on any atom is -0.463 e. The van der Waals surface area contributed by atoms with Gasteiger partial charge < -0.3 is 10.5 Å². The monoisotopic (exact) mass is 210 g/mol. The first-order valence-corrected chi connectivity index (χ1v) is 5.70. The molecule has 0 aromatic heterocycles. The maximum absolute atomic E-state index is 5.65. The lowest BCUT2D eigenvalue weighted by atomic mass is 9.59. The summed E-state index contributed by atoms with van der Waals surface area (Å²) in [6.07, 6.45) is 3.42. The normalized spacial score (nSPS) is 31.1. The molecule has 2 N–H and O–H groups in total. The Morgan fingerprint density at radius 1 is 1.07 bits per heavy atom. The van der Waals surface area contributed by atoms with Crippen LogP contribution in [0.1, 0.15) is 47.0 Å². The van der Waals surface area contributed by atoms with Crippen molar-refractivity contribution < 1.29 is 4.74 Å². The number of rotatable bonds is 0. The van der Waals surface area contributed by atoms with Crippen LogP contribution < -0.4 is 5.73 Å². The van der Waals surface area contributed by atoms with E-state index in [-0.39, 0.29) is 5.54 Å². The van der Waals surface area contributed by atoms with Crippen molar-refractivity contribution in [1.82, 2.24) is 0 Å². The van der Waals surface area contributed by atoms with Gasteiger partial charge in [0.2, 0.25) is 0 Å². The van der Waals surface area contributed by atoms with Crippen molar-refractivity contribution >= 4 is 6.02 Å². The van der Waals surface area contributed by atoms with Gasteiger partial charge in [0.25, 0.3) is 6.02 Å². The summed E-state index contributed by atoms with van der Waals surface area (Å²) in [5.41, 5.74) is 6.26. The quantitative estimate of drug-likeness (QED) is 0.667. The summed E-state index contributed by atoms with van der Waals surface area (Å²) in [6, 6.07) is 0.378. The predicted molar refractivity (Wildman–Crippen MR) is 61.7 cm³/mol. The zero-order valence-electron chi connectivity index (χ0n) is 10.3. The molecule has 1 aliphatic heterocycles. The summed E-state index contributed by atoms with van der Waals surface area (Å²) in [5, 5.41) is 0. The molecule has 1 aliphatic carbocycles. The van der Waals surface area contributed by atoms with Crippen LogP contribution in [0.25, 0.3) is 0 Å². The Morgan fingerprint density at radius 3 is 2.00 bits per heavy atom. The first-order valence-electron chi connectivity index (χ1n) is 5.70. The van der Waals surface area contributed by atoms with Gasteiger partial charge in [0, 0.05) is 0 Å². The smallest absolute Gasteiger partial charge is 0.282 e. The van der Waals surface area contributed by atoms with Crippen LogP contribution in [0.4, 0.5) is 0 Å². The highest BCUT2D eigenvalue weighted by atomic mass is 16.5. The molecule has 1 spiro atoms. The van der Waals surface area contributed by atoms with E-state index >= 15 is 0 Å². The summed E-state index contributed by atoms with van der Waals surface area (Å²) in [6.45, 7) is 9.95. The maximum atomic E-state index is 5.65. The molecule has 15 heavy (non-hydrogen) atoms. The van der Waals surface area contributed by atoms with E-state index in [0.29, 0.717) is 23.5 Å². The minimum absolute atomic E-state index is 0.0463. The van der Waals surface area contributed by atoms with Crippen LogP contribution in [-0.2, 0) is 4.74 Å². The molecular formula is C12H22N2O. The third kappa shape index (κ3) is 2.11. The Bertz CT molecular complexity index is 289. The van der Waals surface area contributed by atoms with E-state index in [9.17, 15) is 0 Å². The van der Waals surface area contributed by atoms with Crippen LogP contribution in [0.2, 0.25) is 0 Å². The number of hydrogen-bond donors (Lipinski definition) is 1. The molecule has 0 saturated heterocycles. The molecule has 3 heteroatoms. The van der Waals surface area contributed by atoms with Crippen molar-refractivity contribution in [2.24, 2.45) is 21.6 Å². The van der Waals surface area contributed by atoms with E-state index in [0.717, 1.165) is 12.8 Å². The molecule has 0 amide bonds. The van der Waals surface area contributed by atoms with E-state index < -0.39 is 0 Å². The maximum Gasteiger partial charge on any atom is 0.282 e. The summed E-state index contributed by atoms with van der Waals surface area (Å²) in [5.74, 6) is 0. The van der Waals surface area contributed by atoms with Crippen LogP contribution >= 0.6 is 0 Å². The molecule has 2 aliphatic rings. The Hall–Kier alpha value is -0.730. The summed E-state index contributed by atoms with van der Waals surface area (Å²) >= 11 is 0. The van der Waals surface area contributed by atoms with Gasteiger partial charge in [-0.2, -0.15) is 0 Å². The second kappa shape index (κ2) is 2.89. The molecule has 0 unspecified atom stereocenters. The number of nitrogens with zero attached hydrogens (tertiary/aromatic N) is 1. The molecule has 0 aromatic rings. The number of amidine groups is 1. The molecule has 1 saturated carbocycles. The van der Waals surface area contributed by atoms with Gasteiger partial charge in [0.1, 0.15) is 12.1 Å². The van der Waals surface area contributed by atoms with Gasteiger partial charge in [-0.05, 0) is 30.1 Å². The van der Waals surface area contributed by atoms with Gasteiger partial charge in [-0.1, -0.05) is 27.7 Å². The molecule has 2 rings (SSSR count). The van der Waals surface area contributed by atoms with Crippen molar-refractivity contribution in [1.29, 1.82) is 0 Å². The Kier molecular flexibility index (Phi) is 2.08. The summed E-state index contributed by atoms with van der Waals surface area (Å²) < 4.78 is 5.36. The molecule has 3 nitrogen and oxygen atoms in total. The fraction of sp³-hybridized carbons (Fsp3) is 0.917. The Labute approximate surface area is 92.1 Å². The van der Waals surface area contributed by atoms with Crippen molar-refractivity contribution in [3.8, 4) is 0 Å². The SMILES string of the molecule is CC1(C)CC(C)(C)CC2(COC(N)=N2)C1. The predicted octanol–water partition coefficient (Wildman–Crippen LogP) is 2.31. The topological polar surface area (TPSA) is 47.6 Å². The molecule has 86 valence electrons. The molecule has 0 bridgehead atoms. The van der Waals surface area contributed by atoms with E-state index in [4.69, 9.17) is 10.5 Å². The lowest BCUT2D eigenvalue weighted by Crippen LogP contribution is -2.45. The van der Waals surface area contributed by atoms with Crippen molar-refractivity contribution in [2.75, 3.05) is 6.61 Å². The average molecular weight is 210 g/mol.